The molecule has 1 heterocycles. The molecule has 1 aromatic carbocycles. The highest BCUT2D eigenvalue weighted by atomic mass is 35.5. The van der Waals surface area contributed by atoms with Gasteiger partial charge in [0.05, 0.1) is 10.7 Å². The molecule has 0 amide bonds. The number of aryl methyl sites for hydroxylation is 1. The van der Waals surface area contributed by atoms with E-state index in [1.54, 1.807) is 24.3 Å². The van der Waals surface area contributed by atoms with E-state index in [9.17, 15) is 4.79 Å². The van der Waals surface area contributed by atoms with Crippen LogP contribution in [0.3, 0.4) is 0 Å². The van der Waals surface area contributed by atoms with Gasteiger partial charge in [-0.15, -0.1) is 0 Å². The van der Waals surface area contributed by atoms with Crippen molar-refractivity contribution in [2.75, 3.05) is 0 Å². The molecular formula is C13H13Cl2N3O. The van der Waals surface area contributed by atoms with Crippen molar-refractivity contribution in [1.29, 1.82) is 0 Å². The van der Waals surface area contributed by atoms with Gasteiger partial charge in [-0.3, -0.25) is 4.79 Å². The highest BCUT2D eigenvalue weighted by Crippen LogP contribution is 2.28. The summed E-state index contributed by atoms with van der Waals surface area (Å²) < 4.78 is 1.38. The number of hydrogen-bond acceptors (Lipinski definition) is 3. The van der Waals surface area contributed by atoms with Gasteiger partial charge in [0.25, 0.3) is 5.56 Å². The topological polar surface area (TPSA) is 60.9 Å². The van der Waals surface area contributed by atoms with Crippen molar-refractivity contribution in [3.8, 4) is 11.3 Å². The molecule has 0 aliphatic rings. The smallest absolute Gasteiger partial charge is 0.271 e. The van der Waals surface area contributed by atoms with Gasteiger partial charge in [-0.2, -0.15) is 5.10 Å². The first-order chi connectivity index (χ1) is 9.06. The standard InChI is InChI=1S/C13H13Cl2N3O/c1-2-18-13(19)8(7-16)5-12(17-18)10-4-3-9(14)6-11(10)15/h3-6H,2,7,16H2,1H3. The Hall–Kier alpha value is -1.36. The van der Waals surface area contributed by atoms with Gasteiger partial charge in [0.15, 0.2) is 0 Å². The molecule has 2 aromatic rings. The van der Waals surface area contributed by atoms with E-state index in [-0.39, 0.29) is 12.1 Å². The summed E-state index contributed by atoms with van der Waals surface area (Å²) in [5, 5.41) is 5.32. The molecule has 19 heavy (non-hydrogen) atoms. The SMILES string of the molecule is CCn1nc(-c2ccc(Cl)cc2Cl)cc(CN)c1=O. The number of halogens is 2. The van der Waals surface area contributed by atoms with Gasteiger partial charge in [-0.25, -0.2) is 4.68 Å². The third kappa shape index (κ3) is 2.81. The van der Waals surface area contributed by atoms with E-state index in [0.29, 0.717) is 27.8 Å². The minimum absolute atomic E-state index is 0.166. The third-order valence-electron chi connectivity index (χ3n) is 2.78. The Kier molecular flexibility index (Phi) is 4.24. The highest BCUT2D eigenvalue weighted by Gasteiger charge is 2.11. The Labute approximate surface area is 120 Å². The molecule has 0 unspecified atom stereocenters. The molecule has 0 atom stereocenters. The zero-order valence-corrected chi connectivity index (χ0v) is 11.9. The number of rotatable bonds is 3. The minimum Gasteiger partial charge on any atom is -0.326 e. The quantitative estimate of drug-likeness (QED) is 0.947. The fourth-order valence-electron chi connectivity index (χ4n) is 1.79. The van der Waals surface area contributed by atoms with Gasteiger partial charge in [0.1, 0.15) is 0 Å². The Morgan fingerprint density at radius 1 is 1.32 bits per heavy atom. The Morgan fingerprint density at radius 2 is 2.05 bits per heavy atom. The van der Waals surface area contributed by atoms with Crippen LogP contribution >= 0.6 is 23.2 Å². The second-order valence-electron chi connectivity index (χ2n) is 4.00. The average molecular weight is 298 g/mol. The van der Waals surface area contributed by atoms with Gasteiger partial charge in [0, 0.05) is 29.2 Å². The van der Waals surface area contributed by atoms with Gasteiger partial charge in [-0.1, -0.05) is 23.2 Å². The van der Waals surface area contributed by atoms with Crippen LogP contribution in [-0.4, -0.2) is 9.78 Å². The summed E-state index contributed by atoms with van der Waals surface area (Å²) in [6, 6.07) is 6.82. The van der Waals surface area contributed by atoms with E-state index in [1.165, 1.54) is 4.68 Å². The first-order valence-electron chi connectivity index (χ1n) is 5.83. The van der Waals surface area contributed by atoms with Crippen molar-refractivity contribution in [3.63, 3.8) is 0 Å². The molecule has 1 aromatic heterocycles. The van der Waals surface area contributed by atoms with Gasteiger partial charge < -0.3 is 5.73 Å². The molecule has 4 nitrogen and oxygen atoms in total. The fraction of sp³-hybridized carbons (Fsp3) is 0.231. The van der Waals surface area contributed by atoms with E-state index in [1.807, 2.05) is 6.92 Å². The lowest BCUT2D eigenvalue weighted by Gasteiger charge is -2.09. The third-order valence-corrected chi connectivity index (χ3v) is 3.32. The molecule has 6 heteroatoms. The summed E-state index contributed by atoms with van der Waals surface area (Å²) in [6.45, 7) is 2.49. The first-order valence-corrected chi connectivity index (χ1v) is 6.59. The van der Waals surface area contributed by atoms with Crippen molar-refractivity contribution < 1.29 is 0 Å². The molecule has 0 bridgehead atoms. The number of aromatic nitrogens is 2. The molecule has 0 radical (unpaired) electrons. The Bertz CT molecular complexity index is 639. The Morgan fingerprint density at radius 3 is 2.63 bits per heavy atom. The Balaban J connectivity index is 2.65. The normalized spacial score (nSPS) is 10.7. The molecule has 0 aliphatic carbocycles. The van der Waals surface area contributed by atoms with E-state index >= 15 is 0 Å². The molecule has 0 spiro atoms. The molecule has 2 N–H and O–H groups in total. The number of nitrogens with zero attached hydrogens (tertiary/aromatic N) is 2. The molecule has 2 rings (SSSR count). The molecule has 0 saturated heterocycles. The maximum absolute atomic E-state index is 11.9. The molecule has 0 saturated carbocycles. The second-order valence-corrected chi connectivity index (χ2v) is 4.85. The van der Waals surface area contributed by atoms with Crippen molar-refractivity contribution >= 4 is 23.2 Å². The van der Waals surface area contributed by atoms with Crippen LogP contribution in [0.4, 0.5) is 0 Å². The van der Waals surface area contributed by atoms with Crippen LogP contribution < -0.4 is 11.3 Å². The fourth-order valence-corrected chi connectivity index (χ4v) is 2.29. The predicted molar refractivity (Wildman–Crippen MR) is 77.5 cm³/mol. The monoisotopic (exact) mass is 297 g/mol. The van der Waals surface area contributed by atoms with Crippen molar-refractivity contribution in [3.05, 3.63) is 50.2 Å². The van der Waals surface area contributed by atoms with Crippen LogP contribution in [0, 0.1) is 0 Å². The van der Waals surface area contributed by atoms with E-state index < -0.39 is 0 Å². The zero-order chi connectivity index (χ0) is 14.0. The maximum atomic E-state index is 11.9. The van der Waals surface area contributed by atoms with E-state index in [4.69, 9.17) is 28.9 Å². The van der Waals surface area contributed by atoms with Crippen LogP contribution in [0.1, 0.15) is 12.5 Å². The summed E-state index contributed by atoms with van der Waals surface area (Å²) in [6.07, 6.45) is 0. The highest BCUT2D eigenvalue weighted by molar-refractivity contribution is 6.36. The average Bonchev–Trinajstić information content (AvgIpc) is 2.39. The zero-order valence-electron chi connectivity index (χ0n) is 10.4. The van der Waals surface area contributed by atoms with Crippen LogP contribution in [0.2, 0.25) is 10.0 Å². The minimum atomic E-state index is -0.168. The van der Waals surface area contributed by atoms with Crippen molar-refractivity contribution in [2.45, 2.75) is 20.0 Å². The summed E-state index contributed by atoms with van der Waals surface area (Å²) in [5.41, 5.74) is 7.27. The predicted octanol–water partition coefficient (Wildman–Crippen LogP) is 2.70. The molecule has 100 valence electrons. The van der Waals surface area contributed by atoms with Crippen LogP contribution in [0.15, 0.2) is 29.1 Å². The second kappa shape index (κ2) is 5.74. The van der Waals surface area contributed by atoms with Crippen LogP contribution in [-0.2, 0) is 13.1 Å². The molecule has 0 aliphatic heterocycles. The summed E-state index contributed by atoms with van der Waals surface area (Å²) in [5.74, 6) is 0. The van der Waals surface area contributed by atoms with Crippen molar-refractivity contribution in [2.24, 2.45) is 5.73 Å². The van der Waals surface area contributed by atoms with Gasteiger partial charge >= 0.3 is 0 Å². The van der Waals surface area contributed by atoms with Crippen LogP contribution in [0.5, 0.6) is 0 Å². The van der Waals surface area contributed by atoms with Gasteiger partial charge in [0.2, 0.25) is 0 Å². The number of hydrogen-bond donors (Lipinski definition) is 1. The van der Waals surface area contributed by atoms with E-state index in [2.05, 4.69) is 5.10 Å². The lowest BCUT2D eigenvalue weighted by molar-refractivity contribution is 0.610. The largest absolute Gasteiger partial charge is 0.326 e. The maximum Gasteiger partial charge on any atom is 0.271 e. The lowest BCUT2D eigenvalue weighted by Crippen LogP contribution is -2.27. The summed E-state index contributed by atoms with van der Waals surface area (Å²) >= 11 is 12.0. The van der Waals surface area contributed by atoms with Crippen LogP contribution in [0.25, 0.3) is 11.3 Å². The summed E-state index contributed by atoms with van der Waals surface area (Å²) in [7, 11) is 0. The van der Waals surface area contributed by atoms with Gasteiger partial charge in [-0.05, 0) is 31.2 Å². The molecule has 0 fully saturated rings. The number of benzene rings is 1. The lowest BCUT2D eigenvalue weighted by atomic mass is 10.1. The first kappa shape index (κ1) is 14.1. The van der Waals surface area contributed by atoms with E-state index in [0.717, 1.165) is 5.56 Å². The number of nitrogens with two attached hydrogens (primary N) is 1. The molecular weight excluding hydrogens is 285 g/mol. The summed E-state index contributed by atoms with van der Waals surface area (Å²) in [4.78, 5) is 11.9. The van der Waals surface area contributed by atoms with Crippen molar-refractivity contribution in [1.82, 2.24) is 9.78 Å².